The number of amides is 1. The van der Waals surface area contributed by atoms with E-state index < -0.39 is 0 Å². The molecule has 2 aromatic carbocycles. The molecule has 21 heavy (non-hydrogen) atoms. The molecular weight excluding hydrogens is 330 g/mol. The van der Waals surface area contributed by atoms with Crippen molar-refractivity contribution in [3.05, 3.63) is 64.1 Å². The summed E-state index contributed by atoms with van der Waals surface area (Å²) in [7, 11) is 0. The van der Waals surface area contributed by atoms with Crippen LogP contribution in [0, 0.1) is 0 Å². The number of nitrogens with one attached hydrogen (secondary N) is 1. The predicted octanol–water partition coefficient (Wildman–Crippen LogP) is 4.17. The highest BCUT2D eigenvalue weighted by molar-refractivity contribution is 9.10. The van der Waals surface area contributed by atoms with Crippen molar-refractivity contribution < 1.29 is 9.53 Å². The first-order chi connectivity index (χ1) is 10.1. The van der Waals surface area contributed by atoms with E-state index in [4.69, 9.17) is 4.74 Å². The number of hydrogen-bond acceptors (Lipinski definition) is 2. The Labute approximate surface area is 133 Å². The smallest absolute Gasteiger partial charge is 0.251 e. The second-order valence-corrected chi connectivity index (χ2v) is 5.83. The van der Waals surface area contributed by atoms with Crippen LogP contribution in [0.25, 0.3) is 0 Å². The predicted molar refractivity (Wildman–Crippen MR) is 87.5 cm³/mol. The molecule has 1 amide bonds. The fourth-order valence-corrected chi connectivity index (χ4v) is 2.34. The van der Waals surface area contributed by atoms with Crippen molar-refractivity contribution >= 4 is 21.8 Å². The Hall–Kier alpha value is -1.81. The molecule has 0 radical (unpaired) electrons. The van der Waals surface area contributed by atoms with Crippen molar-refractivity contribution in [2.45, 2.75) is 26.5 Å². The number of benzene rings is 2. The molecule has 0 bridgehead atoms. The van der Waals surface area contributed by atoms with Crippen LogP contribution < -0.4 is 10.1 Å². The molecule has 0 saturated carbocycles. The average molecular weight is 348 g/mol. The molecule has 110 valence electrons. The maximum atomic E-state index is 12.1. The van der Waals surface area contributed by atoms with Crippen LogP contribution in [0.15, 0.2) is 53.0 Å². The largest absolute Gasteiger partial charge is 0.490 e. The number of rotatable bonds is 5. The van der Waals surface area contributed by atoms with E-state index in [1.807, 2.05) is 50.2 Å². The number of ether oxygens (including phenoxy) is 1. The Morgan fingerprint density at radius 1 is 1.19 bits per heavy atom. The van der Waals surface area contributed by atoms with E-state index in [9.17, 15) is 4.79 Å². The van der Waals surface area contributed by atoms with Crippen LogP contribution in [0.2, 0.25) is 0 Å². The molecule has 0 unspecified atom stereocenters. The molecule has 0 aliphatic carbocycles. The normalized spacial score (nSPS) is 10.5. The Bertz CT molecular complexity index is 611. The highest BCUT2D eigenvalue weighted by Crippen LogP contribution is 2.26. The summed E-state index contributed by atoms with van der Waals surface area (Å²) in [5, 5.41) is 2.90. The molecule has 0 aliphatic rings. The van der Waals surface area contributed by atoms with Gasteiger partial charge in [0.2, 0.25) is 0 Å². The maximum Gasteiger partial charge on any atom is 0.251 e. The molecule has 0 fully saturated rings. The quantitative estimate of drug-likeness (QED) is 0.881. The summed E-state index contributed by atoms with van der Waals surface area (Å²) >= 11 is 3.43. The van der Waals surface area contributed by atoms with Gasteiger partial charge in [-0.05, 0) is 53.5 Å². The molecule has 3 nitrogen and oxygen atoms in total. The molecule has 4 heteroatoms. The van der Waals surface area contributed by atoms with Crippen LogP contribution >= 0.6 is 15.9 Å². The summed E-state index contributed by atoms with van der Waals surface area (Å²) in [6.45, 7) is 4.45. The van der Waals surface area contributed by atoms with Gasteiger partial charge in [0.05, 0.1) is 10.6 Å². The molecule has 0 atom stereocenters. The minimum atomic E-state index is -0.101. The van der Waals surface area contributed by atoms with Gasteiger partial charge in [-0.3, -0.25) is 4.79 Å². The monoisotopic (exact) mass is 347 g/mol. The van der Waals surface area contributed by atoms with Crippen molar-refractivity contribution in [2.75, 3.05) is 0 Å². The lowest BCUT2D eigenvalue weighted by Gasteiger charge is -2.12. The van der Waals surface area contributed by atoms with Crippen molar-refractivity contribution in [1.29, 1.82) is 0 Å². The summed E-state index contributed by atoms with van der Waals surface area (Å²) in [6, 6.07) is 15.2. The van der Waals surface area contributed by atoms with Crippen molar-refractivity contribution in [3.8, 4) is 5.75 Å². The molecule has 0 heterocycles. The lowest BCUT2D eigenvalue weighted by atomic mass is 10.2. The van der Waals surface area contributed by atoms with Gasteiger partial charge in [-0.1, -0.05) is 30.3 Å². The SMILES string of the molecule is CC(C)Oc1ccc(C(=O)NCc2ccccc2)cc1Br. The summed E-state index contributed by atoms with van der Waals surface area (Å²) in [5.74, 6) is 0.639. The maximum absolute atomic E-state index is 12.1. The fourth-order valence-electron chi connectivity index (χ4n) is 1.87. The minimum Gasteiger partial charge on any atom is -0.490 e. The van der Waals surface area contributed by atoms with Crippen LogP contribution in [0.4, 0.5) is 0 Å². The summed E-state index contributed by atoms with van der Waals surface area (Å²) in [6.07, 6.45) is 0.0963. The Balaban J connectivity index is 2.01. The second-order valence-electron chi connectivity index (χ2n) is 4.98. The van der Waals surface area contributed by atoms with Gasteiger partial charge in [0, 0.05) is 12.1 Å². The molecule has 2 aromatic rings. The van der Waals surface area contributed by atoms with Crippen molar-refractivity contribution in [1.82, 2.24) is 5.32 Å². The van der Waals surface area contributed by atoms with Gasteiger partial charge in [-0.15, -0.1) is 0 Å². The number of hydrogen-bond donors (Lipinski definition) is 1. The molecule has 0 aromatic heterocycles. The van der Waals surface area contributed by atoms with E-state index >= 15 is 0 Å². The average Bonchev–Trinajstić information content (AvgIpc) is 2.47. The van der Waals surface area contributed by atoms with E-state index in [0.717, 1.165) is 15.8 Å². The number of halogens is 1. The second kappa shape index (κ2) is 7.27. The van der Waals surface area contributed by atoms with Gasteiger partial charge in [0.25, 0.3) is 5.91 Å². The Morgan fingerprint density at radius 3 is 2.52 bits per heavy atom. The van der Waals surface area contributed by atoms with Crippen molar-refractivity contribution in [3.63, 3.8) is 0 Å². The van der Waals surface area contributed by atoms with Crippen LogP contribution in [0.5, 0.6) is 5.75 Å². The third-order valence-electron chi connectivity index (χ3n) is 2.85. The molecule has 1 N–H and O–H groups in total. The fraction of sp³-hybridized carbons (Fsp3) is 0.235. The van der Waals surface area contributed by atoms with E-state index in [1.165, 1.54) is 0 Å². The van der Waals surface area contributed by atoms with Crippen LogP contribution in [0.3, 0.4) is 0 Å². The zero-order chi connectivity index (χ0) is 15.2. The van der Waals surface area contributed by atoms with Gasteiger partial charge in [0.15, 0.2) is 0 Å². The first-order valence-corrected chi connectivity index (χ1v) is 7.64. The third kappa shape index (κ3) is 4.60. The molecule has 0 spiro atoms. The lowest BCUT2D eigenvalue weighted by molar-refractivity contribution is 0.0951. The topological polar surface area (TPSA) is 38.3 Å². The highest BCUT2D eigenvalue weighted by Gasteiger charge is 2.10. The highest BCUT2D eigenvalue weighted by atomic mass is 79.9. The first kappa shape index (κ1) is 15.6. The summed E-state index contributed by atoms with van der Waals surface area (Å²) in [5.41, 5.74) is 1.68. The third-order valence-corrected chi connectivity index (χ3v) is 3.47. The number of carbonyl (C=O) groups is 1. The standard InChI is InChI=1S/C17H18BrNO2/c1-12(2)21-16-9-8-14(10-15(16)18)17(20)19-11-13-6-4-3-5-7-13/h3-10,12H,11H2,1-2H3,(H,19,20). The molecule has 0 saturated heterocycles. The Kier molecular flexibility index (Phi) is 5.39. The van der Waals surface area contributed by atoms with Crippen molar-refractivity contribution in [2.24, 2.45) is 0 Å². The van der Waals surface area contributed by atoms with Gasteiger partial charge < -0.3 is 10.1 Å². The molecular formula is C17H18BrNO2. The summed E-state index contributed by atoms with van der Waals surface area (Å²) in [4.78, 5) is 12.1. The minimum absolute atomic E-state index is 0.0963. The zero-order valence-corrected chi connectivity index (χ0v) is 13.7. The van der Waals surface area contributed by atoms with E-state index in [2.05, 4.69) is 21.2 Å². The lowest BCUT2D eigenvalue weighted by Crippen LogP contribution is -2.22. The van der Waals surface area contributed by atoms with E-state index in [-0.39, 0.29) is 12.0 Å². The van der Waals surface area contributed by atoms with Gasteiger partial charge >= 0.3 is 0 Å². The van der Waals surface area contributed by atoms with Gasteiger partial charge in [-0.2, -0.15) is 0 Å². The van der Waals surface area contributed by atoms with E-state index in [1.54, 1.807) is 12.1 Å². The van der Waals surface area contributed by atoms with Crippen LogP contribution in [-0.4, -0.2) is 12.0 Å². The summed E-state index contributed by atoms with van der Waals surface area (Å²) < 4.78 is 6.41. The molecule has 0 aliphatic heterocycles. The Morgan fingerprint density at radius 2 is 1.90 bits per heavy atom. The van der Waals surface area contributed by atoms with Gasteiger partial charge in [-0.25, -0.2) is 0 Å². The molecule has 2 rings (SSSR count). The van der Waals surface area contributed by atoms with Crippen LogP contribution in [0.1, 0.15) is 29.8 Å². The van der Waals surface area contributed by atoms with Gasteiger partial charge in [0.1, 0.15) is 5.75 Å². The van der Waals surface area contributed by atoms with E-state index in [0.29, 0.717) is 12.1 Å². The zero-order valence-electron chi connectivity index (χ0n) is 12.1. The van der Waals surface area contributed by atoms with Crippen LogP contribution in [-0.2, 0) is 6.54 Å². The number of carbonyl (C=O) groups excluding carboxylic acids is 1. The first-order valence-electron chi connectivity index (χ1n) is 6.84.